The number of aromatic nitrogens is 3. The van der Waals surface area contributed by atoms with Crippen molar-refractivity contribution in [2.75, 3.05) is 11.1 Å². The molecule has 0 fully saturated rings. The third-order valence-electron chi connectivity index (χ3n) is 2.97. The molecule has 0 spiro atoms. The van der Waals surface area contributed by atoms with Crippen LogP contribution in [0.25, 0.3) is 0 Å². The number of anilines is 1. The fourth-order valence-electron chi connectivity index (χ4n) is 1.90. The Bertz CT molecular complexity index is 849. The van der Waals surface area contributed by atoms with Crippen LogP contribution in [0.3, 0.4) is 0 Å². The van der Waals surface area contributed by atoms with Gasteiger partial charge in [-0.2, -0.15) is 0 Å². The van der Waals surface area contributed by atoms with E-state index in [0.29, 0.717) is 17.1 Å². The van der Waals surface area contributed by atoms with Crippen molar-refractivity contribution in [3.63, 3.8) is 0 Å². The van der Waals surface area contributed by atoms with E-state index in [9.17, 15) is 9.18 Å². The Hall–Kier alpha value is -2.68. The highest BCUT2D eigenvalue weighted by molar-refractivity contribution is 7.99. The molecule has 7 nitrogen and oxygen atoms in total. The summed E-state index contributed by atoms with van der Waals surface area (Å²) in [5.41, 5.74) is 0.469. The summed E-state index contributed by atoms with van der Waals surface area (Å²) >= 11 is 1.09. The summed E-state index contributed by atoms with van der Waals surface area (Å²) in [4.78, 5) is 11.8. The molecule has 124 valence electrons. The van der Waals surface area contributed by atoms with Crippen molar-refractivity contribution >= 4 is 23.5 Å². The van der Waals surface area contributed by atoms with Crippen LogP contribution in [-0.2, 0) is 11.2 Å². The molecule has 0 radical (unpaired) electrons. The van der Waals surface area contributed by atoms with Crippen LogP contribution in [0.5, 0.6) is 0 Å². The molecule has 1 aromatic carbocycles. The number of nitrogens with one attached hydrogen (secondary N) is 1. The van der Waals surface area contributed by atoms with E-state index in [1.807, 2.05) is 0 Å². The van der Waals surface area contributed by atoms with Crippen LogP contribution in [0, 0.1) is 12.7 Å². The second-order valence-corrected chi connectivity index (χ2v) is 5.82. The molecule has 1 N–H and O–H groups in total. The van der Waals surface area contributed by atoms with E-state index in [2.05, 4.69) is 20.7 Å². The Morgan fingerprint density at radius 1 is 1.33 bits per heavy atom. The van der Waals surface area contributed by atoms with E-state index in [1.165, 1.54) is 6.07 Å². The van der Waals surface area contributed by atoms with Gasteiger partial charge in [-0.3, -0.25) is 4.79 Å². The molecule has 9 heteroatoms. The minimum absolute atomic E-state index is 0.0766. The molecule has 2 heterocycles. The van der Waals surface area contributed by atoms with Gasteiger partial charge in [0.1, 0.15) is 11.6 Å². The lowest BCUT2D eigenvalue weighted by atomic mass is 10.1. The van der Waals surface area contributed by atoms with Crippen molar-refractivity contribution in [1.82, 2.24) is 15.4 Å². The lowest BCUT2D eigenvalue weighted by Gasteiger charge is -1.99. The minimum atomic E-state index is -0.327. The summed E-state index contributed by atoms with van der Waals surface area (Å²) in [6.45, 7) is 1.73. The summed E-state index contributed by atoms with van der Waals surface area (Å²) in [5, 5.41) is 14.2. The minimum Gasteiger partial charge on any atom is -0.416 e. The third kappa shape index (κ3) is 4.19. The van der Waals surface area contributed by atoms with E-state index in [4.69, 9.17) is 8.94 Å². The number of amides is 1. The Kier molecular flexibility index (Phi) is 4.90. The second-order valence-electron chi connectivity index (χ2n) is 4.89. The zero-order valence-electron chi connectivity index (χ0n) is 12.7. The zero-order chi connectivity index (χ0) is 16.9. The Morgan fingerprint density at radius 3 is 2.92 bits per heavy atom. The molecule has 3 rings (SSSR count). The molecular formula is C15H13FN4O3S. The van der Waals surface area contributed by atoms with E-state index in [-0.39, 0.29) is 35.0 Å². The van der Waals surface area contributed by atoms with Crippen LogP contribution < -0.4 is 5.32 Å². The van der Waals surface area contributed by atoms with Crippen LogP contribution in [0.4, 0.5) is 10.2 Å². The van der Waals surface area contributed by atoms with Gasteiger partial charge in [0.25, 0.3) is 5.22 Å². The first kappa shape index (κ1) is 16.2. The van der Waals surface area contributed by atoms with Crippen molar-refractivity contribution in [2.24, 2.45) is 0 Å². The van der Waals surface area contributed by atoms with Crippen LogP contribution in [0.2, 0.25) is 0 Å². The largest absolute Gasteiger partial charge is 0.416 e. The molecule has 0 bridgehead atoms. The maximum absolute atomic E-state index is 13.6. The molecule has 0 atom stereocenters. The lowest BCUT2D eigenvalue weighted by Crippen LogP contribution is -2.14. The number of hydrogen-bond donors (Lipinski definition) is 1. The SMILES string of the molecule is Cc1cc(NC(=O)CSc2nnc(Cc3ccccc3F)o2)no1. The molecule has 0 saturated heterocycles. The monoisotopic (exact) mass is 348 g/mol. The first-order valence-corrected chi connectivity index (χ1v) is 8.00. The number of carbonyl (C=O) groups is 1. The second kappa shape index (κ2) is 7.26. The van der Waals surface area contributed by atoms with Gasteiger partial charge >= 0.3 is 0 Å². The summed E-state index contributed by atoms with van der Waals surface area (Å²) in [5.74, 6) is 0.716. The molecule has 3 aromatic rings. The average Bonchev–Trinajstić information content (AvgIpc) is 3.17. The Labute approximate surface area is 140 Å². The van der Waals surface area contributed by atoms with Gasteiger partial charge in [0.15, 0.2) is 5.82 Å². The molecule has 0 unspecified atom stereocenters. The van der Waals surface area contributed by atoms with Crippen molar-refractivity contribution in [3.05, 3.63) is 53.4 Å². The zero-order valence-corrected chi connectivity index (χ0v) is 13.5. The third-order valence-corrected chi connectivity index (χ3v) is 3.79. The summed E-state index contributed by atoms with van der Waals surface area (Å²) in [6.07, 6.45) is 0.199. The fraction of sp³-hybridized carbons (Fsp3) is 0.200. The van der Waals surface area contributed by atoms with Gasteiger partial charge in [0.2, 0.25) is 11.8 Å². The lowest BCUT2D eigenvalue weighted by molar-refractivity contribution is -0.113. The molecule has 0 aliphatic carbocycles. The van der Waals surface area contributed by atoms with Crippen molar-refractivity contribution in [1.29, 1.82) is 0 Å². The van der Waals surface area contributed by atoms with Gasteiger partial charge in [0, 0.05) is 6.07 Å². The summed E-state index contributed by atoms with van der Waals surface area (Å²) < 4.78 is 23.8. The highest BCUT2D eigenvalue weighted by Gasteiger charge is 2.12. The van der Waals surface area contributed by atoms with Crippen LogP contribution in [0.1, 0.15) is 17.2 Å². The molecule has 24 heavy (non-hydrogen) atoms. The molecule has 1 amide bonds. The maximum atomic E-state index is 13.6. The number of hydrogen-bond acceptors (Lipinski definition) is 7. The number of carbonyl (C=O) groups excluding carboxylic acids is 1. The van der Waals surface area contributed by atoms with Crippen molar-refractivity contribution < 1.29 is 18.1 Å². The van der Waals surface area contributed by atoms with Crippen LogP contribution >= 0.6 is 11.8 Å². The number of nitrogens with zero attached hydrogens (tertiary/aromatic N) is 3. The Morgan fingerprint density at radius 2 is 2.17 bits per heavy atom. The van der Waals surface area contributed by atoms with Gasteiger partial charge in [-0.1, -0.05) is 35.1 Å². The van der Waals surface area contributed by atoms with Crippen molar-refractivity contribution in [2.45, 2.75) is 18.6 Å². The first-order valence-electron chi connectivity index (χ1n) is 7.02. The Balaban J connectivity index is 1.52. The highest BCUT2D eigenvalue weighted by Crippen LogP contribution is 2.19. The highest BCUT2D eigenvalue weighted by atomic mass is 32.2. The van der Waals surface area contributed by atoms with Gasteiger partial charge in [-0.25, -0.2) is 4.39 Å². The van der Waals surface area contributed by atoms with Crippen molar-refractivity contribution in [3.8, 4) is 0 Å². The molecule has 0 aliphatic rings. The van der Waals surface area contributed by atoms with Gasteiger partial charge in [-0.05, 0) is 18.6 Å². The predicted octanol–water partition coefficient (Wildman–Crippen LogP) is 2.83. The normalized spacial score (nSPS) is 10.8. The number of halogens is 1. The number of rotatable bonds is 6. The van der Waals surface area contributed by atoms with E-state index in [0.717, 1.165) is 11.8 Å². The van der Waals surface area contributed by atoms with Gasteiger partial charge < -0.3 is 14.3 Å². The standard InChI is InChI=1S/C15H13FN4O3S/c1-9-6-12(20-23-9)17-13(21)8-24-15-19-18-14(22-15)7-10-4-2-3-5-11(10)16/h2-6H,7-8H2,1H3,(H,17,20,21). The molecule has 0 aliphatic heterocycles. The molecular weight excluding hydrogens is 335 g/mol. The molecule has 2 aromatic heterocycles. The summed E-state index contributed by atoms with van der Waals surface area (Å²) in [6, 6.07) is 7.99. The quantitative estimate of drug-likeness (QED) is 0.685. The number of aryl methyl sites for hydroxylation is 1. The van der Waals surface area contributed by atoms with E-state index in [1.54, 1.807) is 31.2 Å². The van der Waals surface area contributed by atoms with E-state index >= 15 is 0 Å². The van der Waals surface area contributed by atoms with Gasteiger partial charge in [0.05, 0.1) is 12.2 Å². The van der Waals surface area contributed by atoms with Gasteiger partial charge in [-0.15, -0.1) is 10.2 Å². The van der Waals surface area contributed by atoms with Crippen LogP contribution in [-0.4, -0.2) is 27.0 Å². The van der Waals surface area contributed by atoms with Crippen LogP contribution in [0.15, 0.2) is 44.5 Å². The maximum Gasteiger partial charge on any atom is 0.277 e. The predicted molar refractivity (Wildman–Crippen MR) is 84.1 cm³/mol. The number of benzene rings is 1. The number of thioether (sulfide) groups is 1. The summed E-state index contributed by atoms with van der Waals surface area (Å²) in [7, 11) is 0. The smallest absolute Gasteiger partial charge is 0.277 e. The van der Waals surface area contributed by atoms with E-state index < -0.39 is 0 Å². The molecule has 0 saturated carbocycles. The average molecular weight is 348 g/mol. The topological polar surface area (TPSA) is 94.1 Å². The first-order chi connectivity index (χ1) is 11.6. The fourth-order valence-corrected chi connectivity index (χ4v) is 2.48.